The van der Waals surface area contributed by atoms with Crippen molar-refractivity contribution in [2.75, 3.05) is 18.1 Å². The minimum absolute atomic E-state index is 0.585. The van der Waals surface area contributed by atoms with E-state index in [1.54, 1.807) is 0 Å². The van der Waals surface area contributed by atoms with Gasteiger partial charge in [-0.25, -0.2) is 0 Å². The van der Waals surface area contributed by atoms with Crippen LogP contribution in [0.15, 0.2) is 28.7 Å². The Labute approximate surface area is 146 Å². The van der Waals surface area contributed by atoms with E-state index in [1.165, 1.54) is 34.4 Å². The highest BCUT2D eigenvalue weighted by molar-refractivity contribution is 9.10. The Morgan fingerprint density at radius 3 is 2.81 bits per heavy atom. The normalized spacial score (nSPS) is 24.0. The zero-order chi connectivity index (χ0) is 15.1. The summed E-state index contributed by atoms with van der Waals surface area (Å²) in [5.74, 6) is 2.62. The number of rotatable bonds is 7. The second kappa shape index (κ2) is 9.49. The van der Waals surface area contributed by atoms with Crippen molar-refractivity contribution in [2.24, 2.45) is 0 Å². The van der Waals surface area contributed by atoms with Gasteiger partial charge in [0, 0.05) is 32.5 Å². The molecule has 1 aromatic rings. The third-order valence-electron chi connectivity index (χ3n) is 3.89. The van der Waals surface area contributed by atoms with E-state index in [0.29, 0.717) is 6.04 Å². The van der Waals surface area contributed by atoms with Crippen LogP contribution in [0.1, 0.15) is 32.3 Å². The van der Waals surface area contributed by atoms with Gasteiger partial charge in [-0.15, -0.1) is 0 Å². The molecule has 3 unspecified atom stereocenters. The summed E-state index contributed by atoms with van der Waals surface area (Å²) in [6, 6.07) is 9.37. The molecule has 1 heterocycles. The Kier molecular flexibility index (Phi) is 8.00. The lowest BCUT2D eigenvalue weighted by Gasteiger charge is -2.36. The topological polar surface area (TPSA) is 12.0 Å². The highest BCUT2D eigenvalue weighted by Crippen LogP contribution is 2.36. The molecule has 1 nitrogen and oxygen atoms in total. The molecular weight excluding hydrogens is 362 g/mol. The van der Waals surface area contributed by atoms with E-state index in [2.05, 4.69) is 82.9 Å². The molecule has 0 spiro atoms. The predicted molar refractivity (Wildman–Crippen MR) is 103 cm³/mol. The van der Waals surface area contributed by atoms with Crippen LogP contribution >= 0.6 is 39.5 Å². The SMILES string of the molecule is CCCNC(Cc1cccc(Br)c1)C1SCCSC1CC. The highest BCUT2D eigenvalue weighted by atomic mass is 79.9. The highest BCUT2D eigenvalue weighted by Gasteiger charge is 2.31. The van der Waals surface area contributed by atoms with E-state index < -0.39 is 0 Å². The van der Waals surface area contributed by atoms with Crippen molar-refractivity contribution < 1.29 is 0 Å². The molecule has 1 aliphatic heterocycles. The maximum absolute atomic E-state index is 3.82. The summed E-state index contributed by atoms with van der Waals surface area (Å²) in [5, 5.41) is 5.35. The smallest absolute Gasteiger partial charge is 0.0323 e. The van der Waals surface area contributed by atoms with Gasteiger partial charge >= 0.3 is 0 Å². The molecule has 2 rings (SSSR count). The Morgan fingerprint density at radius 2 is 2.10 bits per heavy atom. The molecule has 0 saturated carbocycles. The zero-order valence-corrected chi connectivity index (χ0v) is 16.2. The lowest BCUT2D eigenvalue weighted by molar-refractivity contribution is 0.477. The largest absolute Gasteiger partial charge is 0.313 e. The van der Waals surface area contributed by atoms with E-state index in [9.17, 15) is 0 Å². The molecule has 0 bridgehead atoms. The van der Waals surface area contributed by atoms with Gasteiger partial charge in [0.05, 0.1) is 0 Å². The molecule has 3 atom stereocenters. The second-order valence-corrected chi connectivity index (χ2v) is 9.10. The van der Waals surface area contributed by atoms with Crippen LogP contribution in [0.4, 0.5) is 0 Å². The van der Waals surface area contributed by atoms with E-state index in [1.807, 2.05) is 0 Å². The lowest BCUT2D eigenvalue weighted by Crippen LogP contribution is -2.46. The van der Waals surface area contributed by atoms with Gasteiger partial charge in [-0.2, -0.15) is 23.5 Å². The summed E-state index contributed by atoms with van der Waals surface area (Å²) in [5.41, 5.74) is 1.43. The standard InChI is InChI=1S/C17H26BrNS2/c1-3-8-19-15(12-13-6-5-7-14(18)11-13)17-16(4-2)20-9-10-21-17/h5-7,11,15-17,19H,3-4,8-10,12H2,1-2H3. The molecule has 21 heavy (non-hydrogen) atoms. The van der Waals surface area contributed by atoms with Crippen LogP contribution in [-0.2, 0) is 6.42 Å². The van der Waals surface area contributed by atoms with Crippen LogP contribution in [0, 0.1) is 0 Å². The van der Waals surface area contributed by atoms with Crippen LogP contribution in [0.2, 0.25) is 0 Å². The first kappa shape index (κ1) is 17.7. The summed E-state index contributed by atoms with van der Waals surface area (Å²) >= 11 is 7.96. The van der Waals surface area contributed by atoms with Crippen LogP contribution in [0.5, 0.6) is 0 Å². The molecule has 1 fully saturated rings. The first-order valence-electron chi connectivity index (χ1n) is 7.95. The molecule has 4 heteroatoms. The van der Waals surface area contributed by atoms with Crippen molar-refractivity contribution in [3.05, 3.63) is 34.3 Å². The van der Waals surface area contributed by atoms with Crippen molar-refractivity contribution in [3.63, 3.8) is 0 Å². The van der Waals surface area contributed by atoms with E-state index in [0.717, 1.165) is 23.5 Å². The van der Waals surface area contributed by atoms with Gasteiger partial charge in [0.25, 0.3) is 0 Å². The molecule has 1 N–H and O–H groups in total. The third kappa shape index (κ3) is 5.49. The number of halogens is 1. The van der Waals surface area contributed by atoms with Gasteiger partial charge in [-0.3, -0.25) is 0 Å². The minimum atomic E-state index is 0.585. The average molecular weight is 388 g/mol. The summed E-state index contributed by atoms with van der Waals surface area (Å²) in [4.78, 5) is 0. The molecule has 118 valence electrons. The third-order valence-corrected chi connectivity index (χ3v) is 7.79. The fourth-order valence-electron chi connectivity index (χ4n) is 2.86. The van der Waals surface area contributed by atoms with Crippen LogP contribution < -0.4 is 5.32 Å². The van der Waals surface area contributed by atoms with Crippen molar-refractivity contribution in [3.8, 4) is 0 Å². The molecule has 1 aromatic carbocycles. The minimum Gasteiger partial charge on any atom is -0.313 e. The van der Waals surface area contributed by atoms with Crippen LogP contribution in [0.25, 0.3) is 0 Å². The number of thioether (sulfide) groups is 2. The van der Waals surface area contributed by atoms with E-state index in [4.69, 9.17) is 0 Å². The zero-order valence-electron chi connectivity index (χ0n) is 13.0. The van der Waals surface area contributed by atoms with E-state index in [-0.39, 0.29) is 0 Å². The fraction of sp³-hybridized carbons (Fsp3) is 0.647. The summed E-state index contributed by atoms with van der Waals surface area (Å²) in [6.07, 6.45) is 3.62. The van der Waals surface area contributed by atoms with Crippen molar-refractivity contribution in [2.45, 2.75) is 49.7 Å². The van der Waals surface area contributed by atoms with Crippen molar-refractivity contribution >= 4 is 39.5 Å². The molecule has 0 radical (unpaired) electrons. The quantitative estimate of drug-likeness (QED) is 0.707. The monoisotopic (exact) mass is 387 g/mol. The van der Waals surface area contributed by atoms with Crippen molar-refractivity contribution in [1.82, 2.24) is 5.32 Å². The van der Waals surface area contributed by atoms with Crippen LogP contribution in [0.3, 0.4) is 0 Å². The Morgan fingerprint density at radius 1 is 1.29 bits per heavy atom. The predicted octanol–water partition coefficient (Wildman–Crippen LogP) is 4.99. The Bertz CT molecular complexity index is 427. The second-order valence-electron chi connectivity index (χ2n) is 5.55. The summed E-state index contributed by atoms with van der Waals surface area (Å²) < 4.78 is 1.19. The molecule has 1 saturated heterocycles. The van der Waals surface area contributed by atoms with Gasteiger partial charge < -0.3 is 5.32 Å². The maximum atomic E-state index is 3.82. The molecule has 0 amide bonds. The van der Waals surface area contributed by atoms with Gasteiger partial charge in [0.15, 0.2) is 0 Å². The lowest BCUT2D eigenvalue weighted by atomic mass is 10.00. The van der Waals surface area contributed by atoms with E-state index >= 15 is 0 Å². The maximum Gasteiger partial charge on any atom is 0.0323 e. The number of hydrogen-bond donors (Lipinski definition) is 1. The molecule has 0 aromatic heterocycles. The molecule has 1 aliphatic rings. The Hall–Kier alpha value is 0.360. The first-order chi connectivity index (χ1) is 10.2. The summed E-state index contributed by atoms with van der Waals surface area (Å²) in [6.45, 7) is 5.71. The fourth-order valence-corrected chi connectivity index (χ4v) is 6.57. The number of hydrogen-bond acceptors (Lipinski definition) is 3. The van der Waals surface area contributed by atoms with Crippen LogP contribution in [-0.4, -0.2) is 34.6 Å². The number of nitrogens with one attached hydrogen (secondary N) is 1. The average Bonchev–Trinajstić information content (AvgIpc) is 2.51. The van der Waals surface area contributed by atoms with Gasteiger partial charge in [-0.1, -0.05) is 41.9 Å². The molecule has 0 aliphatic carbocycles. The molecular formula is C17H26BrNS2. The first-order valence-corrected chi connectivity index (χ1v) is 10.8. The Balaban J connectivity index is 2.09. The van der Waals surface area contributed by atoms with Gasteiger partial charge in [-0.05, 0) is 43.5 Å². The number of benzene rings is 1. The summed E-state index contributed by atoms with van der Waals surface area (Å²) in [7, 11) is 0. The van der Waals surface area contributed by atoms with Gasteiger partial charge in [0.1, 0.15) is 0 Å². The van der Waals surface area contributed by atoms with Gasteiger partial charge in [0.2, 0.25) is 0 Å². The van der Waals surface area contributed by atoms with Crippen molar-refractivity contribution in [1.29, 1.82) is 0 Å².